The molecule has 2 aliphatic heterocycles. The third-order valence-electron chi connectivity index (χ3n) is 4.58. The molecule has 0 unspecified atom stereocenters. The number of piperidine rings is 1. The molecule has 0 radical (unpaired) electrons. The van der Waals surface area contributed by atoms with Crippen molar-refractivity contribution in [3.8, 4) is 0 Å². The van der Waals surface area contributed by atoms with Gasteiger partial charge in [-0.2, -0.15) is 0 Å². The van der Waals surface area contributed by atoms with Crippen LogP contribution in [0.3, 0.4) is 0 Å². The van der Waals surface area contributed by atoms with Crippen molar-refractivity contribution in [2.75, 3.05) is 40.3 Å². The number of rotatable bonds is 2. The molecular formula is C17H36N2O. The first kappa shape index (κ1) is 17.9. The van der Waals surface area contributed by atoms with E-state index in [1.165, 1.54) is 51.9 Å². The van der Waals surface area contributed by atoms with Gasteiger partial charge in [0.2, 0.25) is 0 Å². The largest absolute Gasteiger partial charge is 0.375 e. The van der Waals surface area contributed by atoms with Crippen molar-refractivity contribution in [2.45, 2.75) is 65.6 Å². The molecular weight excluding hydrogens is 248 g/mol. The van der Waals surface area contributed by atoms with Crippen molar-refractivity contribution >= 4 is 0 Å². The molecule has 0 aromatic carbocycles. The monoisotopic (exact) mass is 284 g/mol. The van der Waals surface area contributed by atoms with Gasteiger partial charge < -0.3 is 14.5 Å². The molecule has 2 saturated heterocycles. The predicted molar refractivity (Wildman–Crippen MR) is 87.3 cm³/mol. The summed E-state index contributed by atoms with van der Waals surface area (Å²) >= 11 is 0. The normalized spacial score (nSPS) is 26.7. The van der Waals surface area contributed by atoms with E-state index in [4.69, 9.17) is 4.74 Å². The molecule has 3 heteroatoms. The van der Waals surface area contributed by atoms with Crippen LogP contribution in [0.4, 0.5) is 0 Å². The zero-order valence-corrected chi connectivity index (χ0v) is 14.6. The lowest BCUT2D eigenvalue weighted by molar-refractivity contribution is -0.169. The van der Waals surface area contributed by atoms with Gasteiger partial charge >= 0.3 is 0 Å². The molecule has 0 aromatic heterocycles. The van der Waals surface area contributed by atoms with Crippen LogP contribution in [0.25, 0.3) is 0 Å². The molecule has 0 bridgehead atoms. The minimum atomic E-state index is 0.552. The molecule has 2 heterocycles. The SMILES string of the molecule is CC.CC.CN1CCC(OC2CC3(C2)CN(C)C3)CC1. The second-order valence-corrected chi connectivity index (χ2v) is 6.34. The van der Waals surface area contributed by atoms with E-state index in [0.717, 1.165) is 0 Å². The summed E-state index contributed by atoms with van der Waals surface area (Å²) in [4.78, 5) is 4.83. The Balaban J connectivity index is 0.000000461. The molecule has 1 saturated carbocycles. The first-order valence-corrected chi connectivity index (χ1v) is 8.68. The summed E-state index contributed by atoms with van der Waals surface area (Å²) in [5, 5.41) is 0. The van der Waals surface area contributed by atoms with Gasteiger partial charge in [-0.05, 0) is 39.8 Å². The first-order chi connectivity index (χ1) is 9.65. The van der Waals surface area contributed by atoms with E-state index in [0.29, 0.717) is 17.6 Å². The average Bonchev–Trinajstić information content (AvgIpc) is 2.42. The van der Waals surface area contributed by atoms with E-state index in [2.05, 4.69) is 23.9 Å². The molecule has 3 fully saturated rings. The number of ether oxygens (including phenoxy) is 1. The lowest BCUT2D eigenvalue weighted by Gasteiger charge is -2.58. The Morgan fingerprint density at radius 1 is 0.800 bits per heavy atom. The van der Waals surface area contributed by atoms with Gasteiger partial charge in [-0.1, -0.05) is 27.7 Å². The molecule has 1 aliphatic carbocycles. The van der Waals surface area contributed by atoms with E-state index in [1.54, 1.807) is 0 Å². The van der Waals surface area contributed by atoms with E-state index in [-0.39, 0.29) is 0 Å². The molecule has 0 N–H and O–H groups in total. The number of hydrogen-bond donors (Lipinski definition) is 0. The smallest absolute Gasteiger partial charge is 0.0603 e. The highest BCUT2D eigenvalue weighted by Gasteiger charge is 2.51. The standard InChI is InChI=1S/C13H24N2O.2C2H6/c1-14-5-3-11(4-6-14)16-12-7-13(8-12)9-15(2)10-13;2*1-2/h11-12H,3-10H2,1-2H3;2*1-2H3. The fraction of sp³-hybridized carbons (Fsp3) is 1.00. The third kappa shape index (κ3) is 4.44. The quantitative estimate of drug-likeness (QED) is 0.774. The fourth-order valence-corrected chi connectivity index (χ4v) is 3.75. The summed E-state index contributed by atoms with van der Waals surface area (Å²) < 4.78 is 6.20. The maximum absolute atomic E-state index is 6.20. The molecule has 3 nitrogen and oxygen atoms in total. The van der Waals surface area contributed by atoms with Crippen molar-refractivity contribution in [1.29, 1.82) is 0 Å². The number of likely N-dealkylation sites (tertiary alicyclic amines) is 2. The summed E-state index contributed by atoms with van der Waals surface area (Å²) in [6, 6.07) is 0. The summed E-state index contributed by atoms with van der Waals surface area (Å²) in [6.07, 6.45) is 6.26. The molecule has 3 aliphatic rings. The first-order valence-electron chi connectivity index (χ1n) is 8.68. The summed E-state index contributed by atoms with van der Waals surface area (Å²) in [5.74, 6) is 0. The van der Waals surface area contributed by atoms with Crippen LogP contribution >= 0.6 is 0 Å². The maximum atomic E-state index is 6.20. The minimum absolute atomic E-state index is 0.552. The molecule has 20 heavy (non-hydrogen) atoms. The molecule has 0 amide bonds. The molecule has 1 spiro atoms. The Bertz CT molecular complexity index is 248. The summed E-state index contributed by atoms with van der Waals surface area (Å²) in [7, 11) is 4.43. The van der Waals surface area contributed by atoms with Crippen molar-refractivity contribution in [3.05, 3.63) is 0 Å². The van der Waals surface area contributed by atoms with Gasteiger partial charge in [-0.25, -0.2) is 0 Å². The second kappa shape index (κ2) is 8.35. The van der Waals surface area contributed by atoms with Crippen LogP contribution in [0.2, 0.25) is 0 Å². The van der Waals surface area contributed by atoms with E-state index in [1.807, 2.05) is 27.7 Å². The Morgan fingerprint density at radius 3 is 1.75 bits per heavy atom. The number of hydrogen-bond acceptors (Lipinski definition) is 3. The highest BCUT2D eigenvalue weighted by atomic mass is 16.5. The topological polar surface area (TPSA) is 15.7 Å². The molecule has 0 atom stereocenters. The van der Waals surface area contributed by atoms with Crippen LogP contribution in [-0.4, -0.2) is 62.3 Å². The van der Waals surface area contributed by atoms with Gasteiger partial charge in [0.15, 0.2) is 0 Å². The van der Waals surface area contributed by atoms with Crippen LogP contribution in [0.5, 0.6) is 0 Å². The Labute approximate surface area is 126 Å². The van der Waals surface area contributed by atoms with Gasteiger partial charge in [0, 0.05) is 31.6 Å². The van der Waals surface area contributed by atoms with E-state index >= 15 is 0 Å². The van der Waals surface area contributed by atoms with Gasteiger partial charge in [0.05, 0.1) is 12.2 Å². The van der Waals surface area contributed by atoms with Crippen LogP contribution in [-0.2, 0) is 4.74 Å². The predicted octanol–water partition coefficient (Wildman–Crippen LogP) is 3.24. The average molecular weight is 284 g/mol. The summed E-state index contributed by atoms with van der Waals surface area (Å²) in [5.41, 5.74) is 0.672. The van der Waals surface area contributed by atoms with E-state index < -0.39 is 0 Å². The highest BCUT2D eigenvalue weighted by molar-refractivity contribution is 5.04. The van der Waals surface area contributed by atoms with Crippen LogP contribution in [0.1, 0.15) is 53.4 Å². The molecule has 0 aromatic rings. The lowest BCUT2D eigenvalue weighted by atomic mass is 9.62. The van der Waals surface area contributed by atoms with Crippen LogP contribution in [0, 0.1) is 5.41 Å². The molecule has 3 rings (SSSR count). The van der Waals surface area contributed by atoms with E-state index in [9.17, 15) is 0 Å². The van der Waals surface area contributed by atoms with Crippen molar-refractivity contribution in [1.82, 2.24) is 9.80 Å². The highest BCUT2D eigenvalue weighted by Crippen LogP contribution is 2.49. The van der Waals surface area contributed by atoms with Gasteiger partial charge in [-0.15, -0.1) is 0 Å². The van der Waals surface area contributed by atoms with Crippen LogP contribution in [0.15, 0.2) is 0 Å². The zero-order chi connectivity index (χ0) is 15.2. The Kier molecular flexibility index (Phi) is 7.49. The second-order valence-electron chi connectivity index (χ2n) is 6.34. The maximum Gasteiger partial charge on any atom is 0.0603 e. The van der Waals surface area contributed by atoms with Crippen LogP contribution < -0.4 is 0 Å². The van der Waals surface area contributed by atoms with Crippen molar-refractivity contribution in [2.24, 2.45) is 5.41 Å². The molecule has 120 valence electrons. The van der Waals surface area contributed by atoms with Gasteiger partial charge in [0.25, 0.3) is 0 Å². The zero-order valence-electron chi connectivity index (χ0n) is 14.6. The van der Waals surface area contributed by atoms with Crippen molar-refractivity contribution in [3.63, 3.8) is 0 Å². The fourth-order valence-electron chi connectivity index (χ4n) is 3.75. The third-order valence-corrected chi connectivity index (χ3v) is 4.58. The van der Waals surface area contributed by atoms with Gasteiger partial charge in [-0.3, -0.25) is 0 Å². The lowest BCUT2D eigenvalue weighted by Crippen LogP contribution is -2.63. The Morgan fingerprint density at radius 2 is 1.30 bits per heavy atom. The number of nitrogens with zero attached hydrogens (tertiary/aromatic N) is 2. The summed E-state index contributed by atoms with van der Waals surface area (Å²) in [6.45, 7) is 13.0. The Hall–Kier alpha value is -0.120. The van der Waals surface area contributed by atoms with Gasteiger partial charge in [0.1, 0.15) is 0 Å². The van der Waals surface area contributed by atoms with Crippen molar-refractivity contribution < 1.29 is 4.74 Å². The minimum Gasteiger partial charge on any atom is -0.375 e.